The van der Waals surface area contributed by atoms with Crippen molar-refractivity contribution in [3.05, 3.63) is 75.3 Å². The lowest BCUT2D eigenvalue weighted by Gasteiger charge is -2.34. The number of rotatable bonds is 16. The zero-order chi connectivity index (χ0) is 58.1. The Kier molecular flexibility index (Phi) is 24.4. The number of hydrogen-bond acceptors (Lipinski definition) is 17. The molecule has 0 aromatic heterocycles. The summed E-state index contributed by atoms with van der Waals surface area (Å²) in [4.78, 5) is 55.3. The SMILES string of the molecule is CCOc1cc(N)c(Cl)cc1C(=O)NCC1CN(CC2CCN(C(=O)OC(C)(C)C)C2)CCO1.CCOc1cc(N)c(Cl)cc1C(=O)NCC1CNCCO1.Cc1ccc(S(=O)(=O)OCC2CCN(C(=O)OC(C)(C)C)C2)cc1. The lowest BCUT2D eigenvalue weighted by atomic mass is 10.1. The molecular weight excluding hydrogens is 1080 g/mol. The molecular formula is C55H82Cl2N8O13S. The minimum atomic E-state index is -3.77. The number of ether oxygens (including phenoxy) is 6. The molecule has 4 unspecified atom stereocenters. The molecule has 7 rings (SSSR count). The predicted molar refractivity (Wildman–Crippen MR) is 304 cm³/mol. The molecule has 3 aromatic rings. The van der Waals surface area contributed by atoms with Crippen molar-refractivity contribution in [1.82, 2.24) is 30.7 Å². The van der Waals surface area contributed by atoms with E-state index in [4.69, 9.17) is 67.3 Å². The van der Waals surface area contributed by atoms with E-state index in [-0.39, 0.29) is 53.6 Å². The van der Waals surface area contributed by atoms with Crippen molar-refractivity contribution >= 4 is 68.7 Å². The average Bonchev–Trinajstić information content (AvgIpc) is 4.08. The van der Waals surface area contributed by atoms with Gasteiger partial charge in [0.1, 0.15) is 22.7 Å². The van der Waals surface area contributed by atoms with Crippen LogP contribution in [-0.4, -0.2) is 176 Å². The smallest absolute Gasteiger partial charge is 0.410 e. The average molecular weight is 1170 g/mol. The molecule has 4 heterocycles. The molecule has 21 nitrogen and oxygen atoms in total. The second-order valence-electron chi connectivity index (χ2n) is 21.7. The number of likely N-dealkylation sites (tertiary alicyclic amines) is 2. The third-order valence-electron chi connectivity index (χ3n) is 12.7. The standard InChI is InChI=1S/C24H37ClN4O5.C17H25NO5S.C14H20ClN3O3/c1-5-32-21-11-20(26)19(25)10-18(21)22(30)27-12-17-15-28(8-9-33-17)13-16-6-7-29(14-16)23(31)34-24(2,3)4;1-13-5-7-15(8-6-13)24(20,21)22-12-14-9-10-18(11-14)16(19)23-17(2,3)4;1-2-20-13-6-12(16)11(15)5-10(13)14(19)18-8-9-7-17-3-4-21-9/h10-11,16-17H,5-9,12-15,26H2,1-4H3,(H,27,30);5-8,14H,9-12H2,1-4H3;5-6,9,17H,2-4,7-8,16H2,1H3,(H,18,19). The highest BCUT2D eigenvalue weighted by Crippen LogP contribution is 2.31. The Balaban J connectivity index is 0.000000226. The van der Waals surface area contributed by atoms with Gasteiger partial charge >= 0.3 is 12.2 Å². The van der Waals surface area contributed by atoms with Crippen LogP contribution in [0.2, 0.25) is 10.0 Å². The Hall–Kier alpha value is -5.33. The summed E-state index contributed by atoms with van der Waals surface area (Å²) in [5, 5.41) is 9.61. The molecule has 7 N–H and O–H groups in total. The largest absolute Gasteiger partial charge is 0.493 e. The van der Waals surface area contributed by atoms with Gasteiger partial charge in [-0.1, -0.05) is 40.9 Å². The van der Waals surface area contributed by atoms with Crippen LogP contribution in [-0.2, 0) is 33.2 Å². The van der Waals surface area contributed by atoms with E-state index in [1.165, 1.54) is 24.3 Å². The molecule has 4 saturated heterocycles. The molecule has 0 bridgehead atoms. The van der Waals surface area contributed by atoms with E-state index in [2.05, 4.69) is 20.9 Å². The zero-order valence-electron chi connectivity index (χ0n) is 47.1. The molecule has 440 valence electrons. The maximum absolute atomic E-state index is 12.8. The molecule has 4 fully saturated rings. The molecule has 79 heavy (non-hydrogen) atoms. The van der Waals surface area contributed by atoms with Crippen LogP contribution >= 0.6 is 23.2 Å². The van der Waals surface area contributed by atoms with Crippen LogP contribution in [0.25, 0.3) is 0 Å². The lowest BCUT2D eigenvalue weighted by Crippen LogP contribution is -2.49. The molecule has 0 aliphatic carbocycles. The Morgan fingerprint density at radius 1 is 0.709 bits per heavy atom. The van der Waals surface area contributed by atoms with Gasteiger partial charge in [0.05, 0.1) is 82.7 Å². The Morgan fingerprint density at radius 3 is 1.70 bits per heavy atom. The molecule has 4 aliphatic rings. The number of nitrogens with two attached hydrogens (primary N) is 2. The highest BCUT2D eigenvalue weighted by atomic mass is 35.5. The third kappa shape index (κ3) is 21.3. The van der Waals surface area contributed by atoms with E-state index in [9.17, 15) is 27.6 Å². The van der Waals surface area contributed by atoms with Gasteiger partial charge in [0.2, 0.25) is 0 Å². The normalized spacial score (nSPS) is 19.7. The molecule has 24 heteroatoms. The fourth-order valence-corrected chi connectivity index (χ4v) is 10.0. The topological polar surface area (TPSA) is 265 Å². The van der Waals surface area contributed by atoms with Crippen molar-refractivity contribution < 1.29 is 60.2 Å². The van der Waals surface area contributed by atoms with E-state index in [0.29, 0.717) is 122 Å². The van der Waals surface area contributed by atoms with Crippen LogP contribution in [0.1, 0.15) is 94.5 Å². The first-order valence-electron chi connectivity index (χ1n) is 26.8. The molecule has 4 aliphatic heterocycles. The second kappa shape index (κ2) is 29.9. The summed E-state index contributed by atoms with van der Waals surface area (Å²) < 4.78 is 62.7. The number of nitrogens with zero attached hydrogens (tertiary/aromatic N) is 3. The lowest BCUT2D eigenvalue weighted by molar-refractivity contribution is -0.0306. The monoisotopic (exact) mass is 1160 g/mol. The van der Waals surface area contributed by atoms with Crippen molar-refractivity contribution in [3.63, 3.8) is 0 Å². The number of morpholine rings is 2. The van der Waals surface area contributed by atoms with Crippen LogP contribution in [0.15, 0.2) is 53.4 Å². The third-order valence-corrected chi connectivity index (χ3v) is 14.6. The fourth-order valence-electron chi connectivity index (χ4n) is 8.73. The number of carbonyl (C=O) groups excluding carboxylic acids is 4. The van der Waals surface area contributed by atoms with Gasteiger partial charge < -0.3 is 65.6 Å². The number of hydrogen-bond donors (Lipinski definition) is 5. The van der Waals surface area contributed by atoms with Gasteiger partial charge in [0, 0.05) is 90.0 Å². The Labute approximate surface area is 476 Å². The summed E-state index contributed by atoms with van der Waals surface area (Å²) in [6.07, 6.45) is 0.889. The van der Waals surface area contributed by atoms with Gasteiger partial charge in [-0.3, -0.25) is 18.7 Å². The highest BCUT2D eigenvalue weighted by Gasteiger charge is 2.34. The summed E-state index contributed by atoms with van der Waals surface area (Å²) in [5.41, 5.74) is 13.0. The number of halogens is 2. The second-order valence-corrected chi connectivity index (χ2v) is 24.1. The summed E-state index contributed by atoms with van der Waals surface area (Å²) in [5.74, 6) is 0.678. The first-order chi connectivity index (χ1) is 37.2. The van der Waals surface area contributed by atoms with E-state index < -0.39 is 21.3 Å². The quantitative estimate of drug-likeness (QED) is 0.0713. The first kappa shape index (κ1) is 64.5. The number of carbonyl (C=O) groups is 4. The maximum Gasteiger partial charge on any atom is 0.410 e. The summed E-state index contributed by atoms with van der Waals surface area (Å²) in [6.45, 7) is 26.0. The van der Waals surface area contributed by atoms with Crippen molar-refractivity contribution in [1.29, 1.82) is 0 Å². The van der Waals surface area contributed by atoms with Gasteiger partial charge in [-0.15, -0.1) is 0 Å². The Morgan fingerprint density at radius 2 is 1.20 bits per heavy atom. The van der Waals surface area contributed by atoms with Gasteiger partial charge in [-0.05, 0) is 105 Å². The number of benzene rings is 3. The summed E-state index contributed by atoms with van der Waals surface area (Å²) >= 11 is 12.1. The highest BCUT2D eigenvalue weighted by molar-refractivity contribution is 7.86. The molecule has 0 radical (unpaired) electrons. The minimum absolute atomic E-state index is 0.0160. The zero-order valence-corrected chi connectivity index (χ0v) is 49.5. The van der Waals surface area contributed by atoms with E-state index in [1.807, 2.05) is 62.3 Å². The van der Waals surface area contributed by atoms with Crippen molar-refractivity contribution in [3.8, 4) is 11.5 Å². The predicted octanol–water partition coefficient (Wildman–Crippen LogP) is 7.00. The van der Waals surface area contributed by atoms with Crippen molar-refractivity contribution in [2.75, 3.05) is 116 Å². The minimum Gasteiger partial charge on any atom is -0.493 e. The van der Waals surface area contributed by atoms with Crippen LogP contribution in [0.5, 0.6) is 11.5 Å². The van der Waals surface area contributed by atoms with Crippen molar-refractivity contribution in [2.45, 2.75) is 103 Å². The molecule has 4 amide bonds. The van der Waals surface area contributed by atoms with Gasteiger partial charge in [0.15, 0.2) is 0 Å². The number of amides is 4. The molecule has 0 saturated carbocycles. The van der Waals surface area contributed by atoms with Crippen LogP contribution in [0.4, 0.5) is 21.0 Å². The first-order valence-corrected chi connectivity index (χ1v) is 29.0. The van der Waals surface area contributed by atoms with Crippen LogP contribution in [0, 0.1) is 18.8 Å². The number of nitrogens with one attached hydrogen (secondary N) is 3. The summed E-state index contributed by atoms with van der Waals surface area (Å²) in [7, 11) is -3.77. The van der Waals surface area contributed by atoms with E-state index in [1.54, 1.807) is 34.1 Å². The van der Waals surface area contributed by atoms with Gasteiger partial charge in [-0.25, -0.2) is 9.59 Å². The number of nitrogen functional groups attached to an aromatic ring is 2. The van der Waals surface area contributed by atoms with E-state index >= 15 is 0 Å². The van der Waals surface area contributed by atoms with E-state index in [0.717, 1.165) is 44.7 Å². The maximum atomic E-state index is 12.8. The van der Waals surface area contributed by atoms with Gasteiger partial charge in [0.25, 0.3) is 21.9 Å². The Bertz CT molecular complexity index is 2610. The van der Waals surface area contributed by atoms with Crippen LogP contribution < -0.4 is 36.9 Å². The number of anilines is 2. The van der Waals surface area contributed by atoms with Gasteiger partial charge in [-0.2, -0.15) is 8.42 Å². The number of aryl methyl sites for hydroxylation is 1. The van der Waals surface area contributed by atoms with Crippen molar-refractivity contribution in [2.24, 2.45) is 11.8 Å². The molecule has 3 aromatic carbocycles. The molecule has 0 spiro atoms. The molecule has 4 atom stereocenters. The van der Waals surface area contributed by atoms with Crippen LogP contribution in [0.3, 0.4) is 0 Å². The fraction of sp³-hybridized carbons (Fsp3) is 0.600. The summed E-state index contributed by atoms with van der Waals surface area (Å²) in [6, 6.07) is 12.7.